The summed E-state index contributed by atoms with van der Waals surface area (Å²) < 4.78 is 0. The number of urea groups is 1. The molecule has 8 heteroatoms. The second kappa shape index (κ2) is 11.4. The van der Waals surface area contributed by atoms with Gasteiger partial charge in [-0.05, 0) is 74.1 Å². The standard InChI is InChI=1S/C31H35N5O2S/c1-21-24(9-14-29(33-21)39-27-12-7-23(8-13-27)30(37)34-25-10-11-25)20-35-17-15-26(16-18-35)36-28(19-32-31(36)38)22-5-3-2-4-6-22/h2-9,12-14,25-26,28H,10-11,15-20H2,1H3,(H,32,38)(H,34,37)/t28-/m0/s1. The third kappa shape index (κ3) is 6.12. The molecule has 0 radical (unpaired) electrons. The van der Waals surface area contributed by atoms with Gasteiger partial charge in [0.2, 0.25) is 0 Å². The van der Waals surface area contributed by atoms with E-state index in [0.717, 1.165) is 60.9 Å². The molecule has 1 atom stereocenters. The molecule has 2 aromatic carbocycles. The van der Waals surface area contributed by atoms with E-state index in [1.54, 1.807) is 11.8 Å². The summed E-state index contributed by atoms with van der Waals surface area (Å²) in [6, 6.07) is 23.2. The Balaban J connectivity index is 1.02. The van der Waals surface area contributed by atoms with Crippen molar-refractivity contribution in [2.24, 2.45) is 0 Å². The van der Waals surface area contributed by atoms with Gasteiger partial charge < -0.3 is 15.5 Å². The first-order valence-electron chi connectivity index (χ1n) is 13.9. The maximum absolute atomic E-state index is 12.7. The summed E-state index contributed by atoms with van der Waals surface area (Å²) >= 11 is 1.62. The van der Waals surface area contributed by atoms with Gasteiger partial charge in [-0.1, -0.05) is 48.2 Å². The van der Waals surface area contributed by atoms with E-state index < -0.39 is 0 Å². The Hall–Kier alpha value is -3.36. The van der Waals surface area contributed by atoms with Gasteiger partial charge in [-0.3, -0.25) is 9.69 Å². The zero-order chi connectivity index (χ0) is 26.8. The molecule has 3 amide bonds. The van der Waals surface area contributed by atoms with Gasteiger partial charge in [-0.2, -0.15) is 0 Å². The number of nitrogens with zero attached hydrogens (tertiary/aromatic N) is 3. The molecule has 1 aromatic heterocycles. The molecule has 0 spiro atoms. The van der Waals surface area contributed by atoms with Gasteiger partial charge in [0.1, 0.15) is 5.03 Å². The molecule has 2 saturated heterocycles. The van der Waals surface area contributed by atoms with Crippen molar-refractivity contribution < 1.29 is 9.59 Å². The van der Waals surface area contributed by atoms with E-state index in [9.17, 15) is 9.59 Å². The van der Waals surface area contributed by atoms with Gasteiger partial charge in [-0.25, -0.2) is 9.78 Å². The van der Waals surface area contributed by atoms with E-state index in [-0.39, 0.29) is 24.0 Å². The summed E-state index contributed by atoms with van der Waals surface area (Å²) in [4.78, 5) is 35.4. The van der Waals surface area contributed by atoms with Crippen LogP contribution >= 0.6 is 11.8 Å². The molecule has 1 saturated carbocycles. The van der Waals surface area contributed by atoms with Crippen LogP contribution in [0, 0.1) is 6.92 Å². The topological polar surface area (TPSA) is 77.6 Å². The van der Waals surface area contributed by atoms with Gasteiger partial charge in [0.05, 0.1) is 6.04 Å². The molecule has 6 rings (SSSR count). The minimum atomic E-state index is 0.0103. The molecule has 3 aliphatic rings. The number of likely N-dealkylation sites (tertiary alicyclic amines) is 1. The highest BCUT2D eigenvalue weighted by atomic mass is 32.2. The van der Waals surface area contributed by atoms with Crippen molar-refractivity contribution in [1.82, 2.24) is 25.4 Å². The highest BCUT2D eigenvalue weighted by molar-refractivity contribution is 7.99. The fraction of sp³-hybridized carbons (Fsp3) is 0.387. The number of rotatable bonds is 8. The molecule has 0 unspecified atom stereocenters. The highest BCUT2D eigenvalue weighted by Crippen LogP contribution is 2.32. The third-order valence-corrected chi connectivity index (χ3v) is 8.91. The van der Waals surface area contributed by atoms with Gasteiger partial charge in [0.25, 0.3) is 5.91 Å². The maximum Gasteiger partial charge on any atom is 0.318 e. The Morgan fingerprint density at radius 2 is 1.74 bits per heavy atom. The first-order chi connectivity index (χ1) is 19.0. The number of nitrogens with one attached hydrogen (secondary N) is 2. The second-order valence-corrected chi connectivity index (χ2v) is 11.9. The number of hydrogen-bond donors (Lipinski definition) is 2. The fourth-order valence-electron chi connectivity index (χ4n) is 5.57. The summed E-state index contributed by atoms with van der Waals surface area (Å²) in [5, 5.41) is 7.05. The number of hydrogen-bond acceptors (Lipinski definition) is 5. The molecule has 3 heterocycles. The predicted molar refractivity (Wildman–Crippen MR) is 153 cm³/mol. The molecule has 2 N–H and O–H groups in total. The molecule has 39 heavy (non-hydrogen) atoms. The number of benzene rings is 2. The average molecular weight is 542 g/mol. The van der Waals surface area contributed by atoms with Crippen LogP contribution in [0.15, 0.2) is 76.7 Å². The van der Waals surface area contributed by atoms with Crippen LogP contribution in [0.5, 0.6) is 0 Å². The molecular formula is C31H35N5O2S. The first-order valence-corrected chi connectivity index (χ1v) is 14.7. The number of carbonyl (C=O) groups is 2. The Bertz CT molecular complexity index is 1320. The van der Waals surface area contributed by atoms with E-state index in [4.69, 9.17) is 4.98 Å². The van der Waals surface area contributed by atoms with Gasteiger partial charge in [0.15, 0.2) is 0 Å². The van der Waals surface area contributed by atoms with Crippen LogP contribution < -0.4 is 10.6 Å². The van der Waals surface area contributed by atoms with Crippen molar-refractivity contribution in [1.29, 1.82) is 0 Å². The Labute approximate surface area is 234 Å². The molecule has 0 bridgehead atoms. The van der Waals surface area contributed by atoms with Crippen LogP contribution in [0.2, 0.25) is 0 Å². The fourth-order valence-corrected chi connectivity index (χ4v) is 6.40. The number of piperidine rings is 1. The van der Waals surface area contributed by atoms with Crippen LogP contribution in [-0.2, 0) is 6.54 Å². The number of pyridine rings is 1. The van der Waals surface area contributed by atoms with Gasteiger partial charge in [-0.15, -0.1) is 0 Å². The predicted octanol–water partition coefficient (Wildman–Crippen LogP) is 5.16. The minimum absolute atomic E-state index is 0.0103. The van der Waals surface area contributed by atoms with E-state index in [1.165, 1.54) is 11.1 Å². The van der Waals surface area contributed by atoms with Crippen molar-refractivity contribution in [2.45, 2.75) is 67.2 Å². The molecule has 3 aromatic rings. The van der Waals surface area contributed by atoms with Gasteiger partial charge in [0, 0.05) is 54.4 Å². The SMILES string of the molecule is Cc1nc(Sc2ccc(C(=O)NC3CC3)cc2)ccc1CN1CCC(N2C(=O)NC[C@H]2c2ccccc2)CC1. The van der Waals surface area contributed by atoms with Gasteiger partial charge >= 0.3 is 6.03 Å². The summed E-state index contributed by atoms with van der Waals surface area (Å²) in [5.74, 6) is 0.0103. The highest BCUT2D eigenvalue weighted by Gasteiger charge is 2.38. The van der Waals surface area contributed by atoms with E-state index >= 15 is 0 Å². The normalized spacial score (nSPS) is 20.2. The molecular weight excluding hydrogens is 506 g/mol. The molecule has 2 aliphatic heterocycles. The zero-order valence-corrected chi connectivity index (χ0v) is 23.1. The molecule has 202 valence electrons. The lowest BCUT2D eigenvalue weighted by atomic mass is 9.98. The first kappa shape index (κ1) is 25.9. The largest absolute Gasteiger partial charge is 0.349 e. The van der Waals surface area contributed by atoms with E-state index in [2.05, 4.69) is 51.6 Å². The molecule has 1 aliphatic carbocycles. The lowest BCUT2D eigenvalue weighted by Gasteiger charge is -2.39. The van der Waals surface area contributed by atoms with Crippen molar-refractivity contribution in [2.75, 3.05) is 19.6 Å². The molecule has 3 fully saturated rings. The van der Waals surface area contributed by atoms with Crippen molar-refractivity contribution in [3.63, 3.8) is 0 Å². The number of carbonyl (C=O) groups excluding carboxylic acids is 2. The van der Waals surface area contributed by atoms with Crippen molar-refractivity contribution >= 4 is 23.7 Å². The summed E-state index contributed by atoms with van der Waals surface area (Å²) in [7, 11) is 0. The van der Waals surface area contributed by atoms with Crippen LogP contribution in [-0.4, -0.2) is 58.4 Å². The quantitative estimate of drug-likeness (QED) is 0.412. The maximum atomic E-state index is 12.7. The van der Waals surface area contributed by atoms with Crippen molar-refractivity contribution in [3.8, 4) is 0 Å². The summed E-state index contributed by atoms with van der Waals surface area (Å²) in [6.07, 6.45) is 4.13. The van der Waals surface area contributed by atoms with Crippen molar-refractivity contribution in [3.05, 3.63) is 89.1 Å². The van der Waals surface area contributed by atoms with Crippen LogP contribution in [0.4, 0.5) is 4.79 Å². The minimum Gasteiger partial charge on any atom is -0.349 e. The number of aryl methyl sites for hydroxylation is 1. The lowest BCUT2D eigenvalue weighted by Crippen LogP contribution is -2.46. The van der Waals surface area contributed by atoms with Crippen LogP contribution in [0.25, 0.3) is 0 Å². The smallest absolute Gasteiger partial charge is 0.318 e. The van der Waals surface area contributed by atoms with E-state index in [1.807, 2.05) is 42.5 Å². The Kier molecular flexibility index (Phi) is 7.57. The second-order valence-electron chi connectivity index (χ2n) is 10.8. The van der Waals surface area contributed by atoms with Crippen LogP contribution in [0.3, 0.4) is 0 Å². The Morgan fingerprint density at radius 3 is 2.44 bits per heavy atom. The zero-order valence-electron chi connectivity index (χ0n) is 22.3. The molecule has 7 nitrogen and oxygen atoms in total. The summed E-state index contributed by atoms with van der Waals surface area (Å²) in [6.45, 7) is 5.56. The Morgan fingerprint density at radius 1 is 1.00 bits per heavy atom. The third-order valence-electron chi connectivity index (χ3n) is 7.97. The average Bonchev–Trinajstić information content (AvgIpc) is 3.69. The summed E-state index contributed by atoms with van der Waals surface area (Å²) in [5.41, 5.74) is 4.19. The van der Waals surface area contributed by atoms with Crippen LogP contribution in [0.1, 0.15) is 58.9 Å². The lowest BCUT2D eigenvalue weighted by molar-refractivity contribution is 0.0951. The van der Waals surface area contributed by atoms with E-state index in [0.29, 0.717) is 18.2 Å². The number of aromatic nitrogens is 1. The number of amides is 3. The monoisotopic (exact) mass is 541 g/mol.